The van der Waals surface area contributed by atoms with Crippen LogP contribution >= 0.6 is 0 Å². The van der Waals surface area contributed by atoms with Gasteiger partial charge in [-0.3, -0.25) is 0 Å². The summed E-state index contributed by atoms with van der Waals surface area (Å²) in [5.74, 6) is 1.61. The lowest BCUT2D eigenvalue weighted by Gasteiger charge is -2.06. The molecule has 1 aromatic carbocycles. The van der Waals surface area contributed by atoms with Crippen LogP contribution in [0.15, 0.2) is 28.8 Å². The monoisotopic (exact) mass is 271 g/mol. The highest BCUT2D eigenvalue weighted by atomic mass is 16.5. The molecule has 0 saturated carbocycles. The van der Waals surface area contributed by atoms with Crippen molar-refractivity contribution in [3.05, 3.63) is 47.1 Å². The molecule has 2 heterocycles. The molecule has 104 valence electrons. The summed E-state index contributed by atoms with van der Waals surface area (Å²) < 4.78 is 5.39. The van der Waals surface area contributed by atoms with Crippen molar-refractivity contribution < 1.29 is 9.63 Å². The lowest BCUT2D eigenvalue weighted by Crippen LogP contribution is -2.15. The second kappa shape index (κ2) is 4.68. The number of benzene rings is 1. The fraction of sp³-hybridized carbons (Fsp3) is 0.467. The lowest BCUT2D eigenvalue weighted by molar-refractivity contribution is 0.191. The summed E-state index contributed by atoms with van der Waals surface area (Å²) in [6.07, 6.45) is 2.44. The topological polar surface area (TPSA) is 71.2 Å². The summed E-state index contributed by atoms with van der Waals surface area (Å²) in [6.45, 7) is 0.592. The standard InChI is InChI=1S/C15H17N3O2/c19-10-7-13(16-8-10)15-17-14(18-20-15)12-6-5-9-3-1-2-4-11(9)12/h1-4,10,12-13,16,19H,5-8H2/t10-,12?,13+/m0/s1. The van der Waals surface area contributed by atoms with Crippen molar-refractivity contribution in [3.8, 4) is 0 Å². The highest BCUT2D eigenvalue weighted by Gasteiger charge is 2.31. The zero-order valence-electron chi connectivity index (χ0n) is 11.1. The van der Waals surface area contributed by atoms with Gasteiger partial charge >= 0.3 is 0 Å². The Hall–Kier alpha value is -1.72. The maximum atomic E-state index is 9.56. The molecular formula is C15H17N3O2. The molecule has 4 rings (SSSR count). The average molecular weight is 271 g/mol. The third-order valence-electron chi connectivity index (χ3n) is 4.31. The maximum absolute atomic E-state index is 9.56. The maximum Gasteiger partial charge on any atom is 0.243 e. The molecule has 1 aliphatic heterocycles. The minimum Gasteiger partial charge on any atom is -0.392 e. The number of aliphatic hydroxyl groups excluding tert-OH is 1. The number of nitrogens with one attached hydrogen (secondary N) is 1. The van der Waals surface area contributed by atoms with Crippen molar-refractivity contribution in [1.82, 2.24) is 15.5 Å². The third-order valence-corrected chi connectivity index (χ3v) is 4.31. The number of nitrogens with zero attached hydrogens (tertiary/aromatic N) is 2. The Bertz CT molecular complexity index is 625. The van der Waals surface area contributed by atoms with Crippen molar-refractivity contribution in [3.63, 3.8) is 0 Å². The summed E-state index contributed by atoms with van der Waals surface area (Å²) in [5.41, 5.74) is 2.71. The van der Waals surface area contributed by atoms with E-state index in [0.717, 1.165) is 18.7 Å². The molecule has 1 aromatic heterocycles. The SMILES string of the molecule is O[C@@H]1CN[C@@H](c2nc(C3CCc4ccccc43)no2)C1. The Kier molecular flexibility index (Phi) is 2.82. The number of rotatable bonds is 2. The summed E-state index contributed by atoms with van der Waals surface area (Å²) in [4.78, 5) is 4.56. The van der Waals surface area contributed by atoms with Crippen LogP contribution in [-0.4, -0.2) is 27.9 Å². The van der Waals surface area contributed by atoms with Crippen LogP contribution in [0.3, 0.4) is 0 Å². The van der Waals surface area contributed by atoms with E-state index in [2.05, 4.69) is 39.7 Å². The molecule has 3 atom stereocenters. The van der Waals surface area contributed by atoms with E-state index >= 15 is 0 Å². The van der Waals surface area contributed by atoms with Gasteiger partial charge in [-0.25, -0.2) is 0 Å². The molecule has 5 nitrogen and oxygen atoms in total. The van der Waals surface area contributed by atoms with Crippen molar-refractivity contribution >= 4 is 0 Å². The van der Waals surface area contributed by atoms with Crippen molar-refractivity contribution in [2.75, 3.05) is 6.54 Å². The molecule has 0 amide bonds. The number of β-amino-alcohol motifs (C(OH)–C–C–N with tert-alkyl or cyclic N) is 1. The van der Waals surface area contributed by atoms with Crippen LogP contribution in [0.2, 0.25) is 0 Å². The van der Waals surface area contributed by atoms with E-state index in [9.17, 15) is 5.11 Å². The van der Waals surface area contributed by atoms with Crippen molar-refractivity contribution in [2.45, 2.75) is 37.3 Å². The predicted octanol–water partition coefficient (Wildman–Crippen LogP) is 1.54. The summed E-state index contributed by atoms with van der Waals surface area (Å²) in [5, 5.41) is 16.9. The smallest absolute Gasteiger partial charge is 0.243 e. The quantitative estimate of drug-likeness (QED) is 0.867. The van der Waals surface area contributed by atoms with Crippen molar-refractivity contribution in [1.29, 1.82) is 0 Å². The predicted molar refractivity (Wildman–Crippen MR) is 72.3 cm³/mol. The number of hydrogen-bond acceptors (Lipinski definition) is 5. The molecule has 1 fully saturated rings. The number of hydrogen-bond donors (Lipinski definition) is 2. The van der Waals surface area contributed by atoms with Gasteiger partial charge in [0.25, 0.3) is 0 Å². The molecule has 1 unspecified atom stereocenters. The van der Waals surface area contributed by atoms with E-state index in [4.69, 9.17) is 4.52 Å². The zero-order valence-corrected chi connectivity index (χ0v) is 11.1. The molecule has 2 aliphatic rings. The van der Waals surface area contributed by atoms with E-state index < -0.39 is 0 Å². The first-order chi connectivity index (χ1) is 9.81. The number of aliphatic hydroxyl groups is 1. The molecule has 0 radical (unpaired) electrons. The van der Waals surface area contributed by atoms with Crippen LogP contribution in [0.4, 0.5) is 0 Å². The molecule has 5 heteroatoms. The van der Waals surface area contributed by atoms with Crippen LogP contribution in [0.1, 0.15) is 47.6 Å². The summed E-state index contributed by atoms with van der Waals surface area (Å²) in [6, 6.07) is 8.45. The van der Waals surface area contributed by atoms with Gasteiger partial charge in [0.1, 0.15) is 0 Å². The molecule has 0 spiro atoms. The first kappa shape index (κ1) is 12.1. The van der Waals surface area contributed by atoms with Gasteiger partial charge in [0.05, 0.1) is 12.1 Å². The van der Waals surface area contributed by atoms with Gasteiger partial charge in [-0.2, -0.15) is 4.98 Å². The Morgan fingerprint density at radius 1 is 1.30 bits per heavy atom. The Morgan fingerprint density at radius 3 is 3.05 bits per heavy atom. The number of aromatic nitrogens is 2. The van der Waals surface area contributed by atoms with Crippen LogP contribution in [-0.2, 0) is 6.42 Å². The van der Waals surface area contributed by atoms with Crippen LogP contribution in [0, 0.1) is 0 Å². The van der Waals surface area contributed by atoms with E-state index in [1.807, 2.05) is 0 Å². The van der Waals surface area contributed by atoms with Gasteiger partial charge in [0.15, 0.2) is 5.82 Å². The minimum atomic E-state index is -0.317. The van der Waals surface area contributed by atoms with Gasteiger partial charge in [-0.05, 0) is 30.4 Å². The molecule has 1 aliphatic carbocycles. The lowest BCUT2D eigenvalue weighted by atomic mass is 10.0. The first-order valence-corrected chi connectivity index (χ1v) is 7.14. The van der Waals surface area contributed by atoms with E-state index in [1.54, 1.807) is 0 Å². The highest BCUT2D eigenvalue weighted by Crippen LogP contribution is 2.37. The molecule has 1 saturated heterocycles. The second-order valence-corrected chi connectivity index (χ2v) is 5.63. The summed E-state index contributed by atoms with van der Waals surface area (Å²) in [7, 11) is 0. The normalized spacial score (nSPS) is 28.8. The van der Waals surface area contributed by atoms with Crippen molar-refractivity contribution in [2.24, 2.45) is 0 Å². The fourth-order valence-electron chi connectivity index (χ4n) is 3.26. The third kappa shape index (κ3) is 1.94. The average Bonchev–Trinajstić information content (AvgIpc) is 3.15. The molecule has 0 bridgehead atoms. The van der Waals surface area contributed by atoms with Gasteiger partial charge in [0.2, 0.25) is 5.89 Å². The largest absolute Gasteiger partial charge is 0.392 e. The Labute approximate surface area is 117 Å². The second-order valence-electron chi connectivity index (χ2n) is 5.63. The van der Waals surface area contributed by atoms with Crippen LogP contribution in [0.25, 0.3) is 0 Å². The van der Waals surface area contributed by atoms with E-state index in [-0.39, 0.29) is 18.1 Å². The van der Waals surface area contributed by atoms with Gasteiger partial charge < -0.3 is 14.9 Å². The van der Waals surface area contributed by atoms with Gasteiger partial charge in [-0.1, -0.05) is 29.4 Å². The Morgan fingerprint density at radius 2 is 2.20 bits per heavy atom. The highest BCUT2D eigenvalue weighted by molar-refractivity contribution is 5.38. The Balaban J connectivity index is 1.60. The molecule has 2 N–H and O–H groups in total. The summed E-state index contributed by atoms with van der Waals surface area (Å²) >= 11 is 0. The fourth-order valence-corrected chi connectivity index (χ4v) is 3.26. The van der Waals surface area contributed by atoms with Gasteiger partial charge in [0, 0.05) is 12.5 Å². The van der Waals surface area contributed by atoms with Crippen LogP contribution in [0.5, 0.6) is 0 Å². The van der Waals surface area contributed by atoms with E-state index in [0.29, 0.717) is 18.9 Å². The number of fused-ring (bicyclic) bond motifs is 1. The van der Waals surface area contributed by atoms with E-state index in [1.165, 1.54) is 11.1 Å². The molecule has 20 heavy (non-hydrogen) atoms. The number of aryl methyl sites for hydroxylation is 1. The molecule has 2 aromatic rings. The van der Waals surface area contributed by atoms with Gasteiger partial charge in [-0.15, -0.1) is 0 Å². The first-order valence-electron chi connectivity index (χ1n) is 7.14. The zero-order chi connectivity index (χ0) is 13.5. The minimum absolute atomic E-state index is 0.0112. The molecular weight excluding hydrogens is 254 g/mol. The van der Waals surface area contributed by atoms with Crippen LogP contribution < -0.4 is 5.32 Å².